The molecule has 4 heterocycles. The van der Waals surface area contributed by atoms with E-state index < -0.39 is 21.7 Å². The van der Waals surface area contributed by atoms with E-state index in [1.54, 1.807) is 24.9 Å². The number of fused-ring (bicyclic) bond motifs is 2. The number of piperazine rings is 1. The van der Waals surface area contributed by atoms with E-state index in [0.717, 1.165) is 5.56 Å². The van der Waals surface area contributed by atoms with Crippen LogP contribution in [0, 0.1) is 17.2 Å². The number of hydrogen-bond acceptors (Lipinski definition) is 6. The lowest BCUT2D eigenvalue weighted by atomic mass is 9.94. The highest BCUT2D eigenvalue weighted by Crippen LogP contribution is 2.66. The molecule has 0 radical (unpaired) electrons. The van der Waals surface area contributed by atoms with Crippen LogP contribution in [0.4, 0.5) is 0 Å². The fraction of sp³-hybridized carbons (Fsp3) is 0.471. The molecule has 4 aliphatic heterocycles. The van der Waals surface area contributed by atoms with Gasteiger partial charge in [0.1, 0.15) is 0 Å². The molecule has 128 valence electrons. The highest BCUT2D eigenvalue weighted by Gasteiger charge is 2.76. The molecule has 2 bridgehead atoms. The van der Waals surface area contributed by atoms with E-state index in [-0.39, 0.29) is 18.6 Å². The van der Waals surface area contributed by atoms with Crippen LogP contribution in [0.15, 0.2) is 18.2 Å². The van der Waals surface area contributed by atoms with Crippen LogP contribution in [0.5, 0.6) is 11.5 Å². The van der Waals surface area contributed by atoms with Crippen LogP contribution in [0.25, 0.3) is 0 Å². The quantitative estimate of drug-likeness (QED) is 0.757. The van der Waals surface area contributed by atoms with Gasteiger partial charge in [-0.15, -0.1) is 0 Å². The molecule has 5 rings (SSSR count). The van der Waals surface area contributed by atoms with Gasteiger partial charge in [-0.05, 0) is 24.6 Å². The second-order valence-electron chi connectivity index (χ2n) is 6.91. The van der Waals surface area contributed by atoms with Gasteiger partial charge in [-0.2, -0.15) is 5.26 Å². The lowest BCUT2D eigenvalue weighted by Crippen LogP contribution is -2.60. The highest BCUT2D eigenvalue weighted by molar-refractivity contribution is 8.04. The zero-order valence-corrected chi connectivity index (χ0v) is 14.5. The van der Waals surface area contributed by atoms with Gasteiger partial charge in [-0.25, -0.2) is 0 Å². The van der Waals surface area contributed by atoms with Crippen molar-refractivity contribution in [3.05, 3.63) is 23.8 Å². The van der Waals surface area contributed by atoms with Crippen molar-refractivity contribution in [2.24, 2.45) is 5.92 Å². The van der Waals surface area contributed by atoms with E-state index in [2.05, 4.69) is 6.07 Å². The van der Waals surface area contributed by atoms with E-state index in [0.29, 0.717) is 17.9 Å². The predicted octanol–water partition coefficient (Wildman–Crippen LogP) is 1.46. The van der Waals surface area contributed by atoms with Crippen LogP contribution in [-0.2, 0) is 9.59 Å². The van der Waals surface area contributed by atoms with Crippen molar-refractivity contribution in [3.8, 4) is 17.6 Å². The number of carbonyl (C=O) groups excluding carboxylic acids is 2. The fourth-order valence-electron chi connectivity index (χ4n) is 4.39. The molecule has 4 unspecified atom stereocenters. The molecule has 1 aromatic carbocycles. The lowest BCUT2D eigenvalue weighted by molar-refractivity contribution is -0.159. The maximum atomic E-state index is 13.1. The first-order chi connectivity index (χ1) is 11.9. The Morgan fingerprint density at radius 3 is 2.80 bits per heavy atom. The van der Waals surface area contributed by atoms with Crippen molar-refractivity contribution in [1.29, 1.82) is 5.26 Å². The zero-order chi connectivity index (χ0) is 17.6. The first kappa shape index (κ1) is 14.9. The summed E-state index contributed by atoms with van der Waals surface area (Å²) < 4.78 is 10.8. The topological polar surface area (TPSA) is 82.9 Å². The van der Waals surface area contributed by atoms with Gasteiger partial charge in [-0.1, -0.05) is 17.8 Å². The molecule has 0 saturated carbocycles. The number of likely N-dealkylation sites (N-methyl/N-ethyl adjacent to an activating group) is 1. The molecule has 2 amide bonds. The first-order valence-electron chi connectivity index (χ1n) is 8.04. The maximum Gasteiger partial charge on any atom is 0.260 e. The summed E-state index contributed by atoms with van der Waals surface area (Å²) in [5.41, 5.74) is 0.799. The van der Waals surface area contributed by atoms with Crippen molar-refractivity contribution in [1.82, 2.24) is 9.80 Å². The molecule has 4 atom stereocenters. The van der Waals surface area contributed by atoms with E-state index in [1.807, 2.05) is 12.1 Å². The number of ether oxygens (including phenoxy) is 2. The Kier molecular flexibility index (Phi) is 2.63. The van der Waals surface area contributed by atoms with E-state index >= 15 is 0 Å². The number of carbonyl (C=O) groups is 2. The van der Waals surface area contributed by atoms with E-state index in [1.165, 1.54) is 16.7 Å². The summed E-state index contributed by atoms with van der Waals surface area (Å²) in [4.78, 5) is 27.3. The van der Waals surface area contributed by atoms with Gasteiger partial charge >= 0.3 is 0 Å². The molecule has 4 aliphatic rings. The molecule has 1 spiro atoms. The number of nitrogens with zero attached hydrogens (tertiary/aromatic N) is 3. The van der Waals surface area contributed by atoms with Gasteiger partial charge in [0.15, 0.2) is 21.2 Å². The molecule has 8 heteroatoms. The number of benzene rings is 1. The van der Waals surface area contributed by atoms with Crippen LogP contribution in [-0.4, -0.2) is 45.2 Å². The second-order valence-corrected chi connectivity index (χ2v) is 8.58. The Morgan fingerprint density at radius 1 is 1.28 bits per heavy atom. The largest absolute Gasteiger partial charge is 0.454 e. The molecule has 3 saturated heterocycles. The number of rotatable bonds is 1. The van der Waals surface area contributed by atoms with Crippen LogP contribution in [0.2, 0.25) is 0 Å². The number of nitriles is 1. The highest BCUT2D eigenvalue weighted by atomic mass is 32.2. The summed E-state index contributed by atoms with van der Waals surface area (Å²) in [6.45, 7) is 1.94. The molecule has 0 aromatic heterocycles. The molecule has 3 fully saturated rings. The average molecular weight is 357 g/mol. The third-order valence-corrected chi connectivity index (χ3v) is 7.43. The zero-order valence-electron chi connectivity index (χ0n) is 13.7. The third-order valence-electron chi connectivity index (χ3n) is 5.71. The van der Waals surface area contributed by atoms with Gasteiger partial charge in [0.25, 0.3) is 11.8 Å². The number of amides is 2. The van der Waals surface area contributed by atoms with E-state index in [4.69, 9.17) is 9.47 Å². The Hall–Kier alpha value is -2.40. The summed E-state index contributed by atoms with van der Waals surface area (Å²) in [5.74, 6) is 0.602. The van der Waals surface area contributed by atoms with Gasteiger partial charge in [0, 0.05) is 13.5 Å². The number of thioether (sulfide) groups is 1. The summed E-state index contributed by atoms with van der Waals surface area (Å²) >= 11 is 1.36. The summed E-state index contributed by atoms with van der Waals surface area (Å²) in [6, 6.07) is 7.30. The summed E-state index contributed by atoms with van der Waals surface area (Å²) in [7, 11) is 1.66. The third kappa shape index (κ3) is 1.53. The lowest BCUT2D eigenvalue weighted by Gasteiger charge is -2.39. The average Bonchev–Trinajstić information content (AvgIpc) is 3.29. The fourth-order valence-corrected chi connectivity index (χ4v) is 6.23. The van der Waals surface area contributed by atoms with Crippen molar-refractivity contribution in [3.63, 3.8) is 0 Å². The standard InChI is InChI=1S/C17H15N3O4S/c1-16-14(21)20-13(9-3-4-11-12(5-9)24-8-23-11)10(7-18)6-17(20,25-16)15(22)19(16)2/h3-5,10,13H,6,8H2,1-2H3. The van der Waals surface area contributed by atoms with Crippen molar-refractivity contribution in [2.45, 2.75) is 29.1 Å². The minimum absolute atomic E-state index is 0.0944. The van der Waals surface area contributed by atoms with Crippen LogP contribution >= 0.6 is 11.8 Å². The Morgan fingerprint density at radius 2 is 2.04 bits per heavy atom. The number of hydrogen-bond donors (Lipinski definition) is 0. The SMILES string of the molecule is CN1C(=O)C23CC(C#N)C(c4ccc5c(c4)OCO5)N2C(=O)C1(C)S3. The van der Waals surface area contributed by atoms with Crippen molar-refractivity contribution < 1.29 is 19.1 Å². The second kappa shape index (κ2) is 4.41. The minimum Gasteiger partial charge on any atom is -0.454 e. The Labute approximate surface area is 148 Å². The molecular formula is C17H15N3O4S. The smallest absolute Gasteiger partial charge is 0.260 e. The molecular weight excluding hydrogens is 342 g/mol. The van der Waals surface area contributed by atoms with Gasteiger partial charge in [0.2, 0.25) is 6.79 Å². The Bertz CT molecular complexity index is 883. The molecule has 0 aliphatic carbocycles. The van der Waals surface area contributed by atoms with Gasteiger partial charge in [-0.3, -0.25) is 9.59 Å². The molecule has 25 heavy (non-hydrogen) atoms. The Balaban J connectivity index is 1.65. The van der Waals surface area contributed by atoms with Crippen molar-refractivity contribution in [2.75, 3.05) is 13.8 Å². The monoisotopic (exact) mass is 357 g/mol. The van der Waals surface area contributed by atoms with Gasteiger partial charge in [0.05, 0.1) is 18.0 Å². The first-order valence-corrected chi connectivity index (χ1v) is 8.85. The maximum absolute atomic E-state index is 13.1. The van der Waals surface area contributed by atoms with Crippen LogP contribution in [0.3, 0.4) is 0 Å². The molecule has 1 aromatic rings. The van der Waals surface area contributed by atoms with Gasteiger partial charge < -0.3 is 19.3 Å². The minimum atomic E-state index is -0.970. The predicted molar refractivity (Wildman–Crippen MR) is 87.4 cm³/mol. The molecule has 7 nitrogen and oxygen atoms in total. The summed E-state index contributed by atoms with van der Waals surface area (Å²) in [5, 5.41) is 9.69. The molecule has 0 N–H and O–H groups in total. The summed E-state index contributed by atoms with van der Waals surface area (Å²) in [6.07, 6.45) is 0.345. The van der Waals surface area contributed by atoms with Crippen LogP contribution in [0.1, 0.15) is 24.9 Å². The van der Waals surface area contributed by atoms with E-state index in [9.17, 15) is 14.9 Å². The van der Waals surface area contributed by atoms with Crippen LogP contribution < -0.4 is 9.47 Å². The normalized spacial score (nSPS) is 37.6. The van der Waals surface area contributed by atoms with Crippen molar-refractivity contribution >= 4 is 23.6 Å².